The second kappa shape index (κ2) is 6.61. The summed E-state index contributed by atoms with van der Waals surface area (Å²) in [6.45, 7) is 3.69. The van der Waals surface area contributed by atoms with Crippen LogP contribution in [0.5, 0.6) is 0 Å². The van der Waals surface area contributed by atoms with Gasteiger partial charge in [-0.2, -0.15) is 8.42 Å². The lowest BCUT2D eigenvalue weighted by atomic mass is 10.4. The highest BCUT2D eigenvalue weighted by Gasteiger charge is 2.24. The minimum Gasteiger partial charge on any atom is -0.299 e. The average molecular weight is 270 g/mol. The molecule has 0 saturated heterocycles. The van der Waals surface area contributed by atoms with Gasteiger partial charge in [-0.25, -0.2) is 3.63 Å². The number of hydrogen-bond donors (Lipinski definition) is 0. The van der Waals surface area contributed by atoms with Crippen LogP contribution in [0.3, 0.4) is 0 Å². The lowest BCUT2D eigenvalue weighted by Crippen LogP contribution is -2.19. The van der Waals surface area contributed by atoms with Crippen LogP contribution in [-0.4, -0.2) is 38.2 Å². The fourth-order valence-corrected chi connectivity index (χ4v) is 5.48. The first-order chi connectivity index (χ1) is 7.22. The van der Waals surface area contributed by atoms with Gasteiger partial charge in [-0.3, -0.25) is 4.79 Å². The SMILES string of the molecule is CCCCS(=O)(=O)OS(C)(C)CC(=O)CC. The first-order valence-electron chi connectivity index (χ1n) is 5.39. The van der Waals surface area contributed by atoms with Crippen LogP contribution in [0.15, 0.2) is 0 Å². The highest BCUT2D eigenvalue weighted by molar-refractivity contribution is 8.32. The molecule has 98 valence electrons. The van der Waals surface area contributed by atoms with Crippen LogP contribution in [0, 0.1) is 0 Å². The molecule has 0 aliphatic carbocycles. The largest absolute Gasteiger partial charge is 0.299 e. The van der Waals surface area contributed by atoms with Crippen LogP contribution >= 0.6 is 10.3 Å². The van der Waals surface area contributed by atoms with E-state index in [9.17, 15) is 13.2 Å². The quantitative estimate of drug-likeness (QED) is 0.677. The van der Waals surface area contributed by atoms with Crippen molar-refractivity contribution in [3.8, 4) is 0 Å². The summed E-state index contributed by atoms with van der Waals surface area (Å²) in [6.07, 6.45) is 5.26. The maximum absolute atomic E-state index is 11.6. The van der Waals surface area contributed by atoms with E-state index in [0.717, 1.165) is 6.42 Å². The highest BCUT2D eigenvalue weighted by atomic mass is 32.3. The maximum atomic E-state index is 11.6. The van der Waals surface area contributed by atoms with E-state index in [4.69, 9.17) is 3.63 Å². The van der Waals surface area contributed by atoms with Crippen molar-refractivity contribution in [2.45, 2.75) is 33.1 Å². The van der Waals surface area contributed by atoms with Gasteiger partial charge in [0.15, 0.2) is 0 Å². The molecule has 6 heteroatoms. The van der Waals surface area contributed by atoms with E-state index in [-0.39, 0.29) is 17.3 Å². The van der Waals surface area contributed by atoms with E-state index < -0.39 is 20.4 Å². The van der Waals surface area contributed by atoms with Crippen LogP contribution < -0.4 is 0 Å². The third kappa shape index (κ3) is 7.24. The second-order valence-electron chi connectivity index (χ2n) is 4.16. The van der Waals surface area contributed by atoms with Gasteiger partial charge in [0.1, 0.15) is 5.78 Å². The molecule has 0 aromatic carbocycles. The summed E-state index contributed by atoms with van der Waals surface area (Å²) in [7, 11) is -5.29. The van der Waals surface area contributed by atoms with Crippen molar-refractivity contribution in [1.29, 1.82) is 0 Å². The number of carbonyl (C=O) groups excluding carboxylic acids is 1. The Morgan fingerprint density at radius 1 is 1.19 bits per heavy atom. The van der Waals surface area contributed by atoms with Gasteiger partial charge in [-0.1, -0.05) is 20.3 Å². The van der Waals surface area contributed by atoms with Gasteiger partial charge in [-0.05, 0) is 18.9 Å². The van der Waals surface area contributed by atoms with E-state index >= 15 is 0 Å². The van der Waals surface area contributed by atoms with Crippen LogP contribution in [0.25, 0.3) is 0 Å². The summed E-state index contributed by atoms with van der Waals surface area (Å²) in [4.78, 5) is 11.3. The van der Waals surface area contributed by atoms with Crippen molar-refractivity contribution < 1.29 is 16.8 Å². The molecule has 0 radical (unpaired) electrons. The van der Waals surface area contributed by atoms with Crippen LogP contribution in [0.4, 0.5) is 0 Å². The summed E-state index contributed by atoms with van der Waals surface area (Å²) in [5.74, 6) is 0.306. The van der Waals surface area contributed by atoms with E-state index in [2.05, 4.69) is 0 Å². The Hall–Kier alpha value is -0.0700. The molecule has 0 bridgehead atoms. The zero-order chi connectivity index (χ0) is 12.8. The number of unbranched alkanes of at least 4 members (excludes halogenated alkanes) is 1. The number of Topliss-reactive ketones (excluding diaryl/α,β-unsaturated/α-hetero) is 1. The lowest BCUT2D eigenvalue weighted by Gasteiger charge is -2.28. The lowest BCUT2D eigenvalue weighted by molar-refractivity contribution is -0.116. The van der Waals surface area contributed by atoms with Crippen molar-refractivity contribution in [2.24, 2.45) is 0 Å². The summed E-state index contributed by atoms with van der Waals surface area (Å²) >= 11 is 0. The molecule has 0 heterocycles. The molecule has 0 aromatic heterocycles. The normalized spacial score (nSPS) is 13.8. The molecular formula is C10H22O4S2. The third-order valence-corrected chi connectivity index (χ3v) is 6.05. The molecule has 4 nitrogen and oxygen atoms in total. The fraction of sp³-hybridized carbons (Fsp3) is 0.900. The Balaban J connectivity index is 4.39. The minimum absolute atomic E-state index is 0.0419. The Bertz CT molecular complexity index is 320. The Labute approximate surface area is 100 Å². The van der Waals surface area contributed by atoms with Crippen molar-refractivity contribution in [1.82, 2.24) is 0 Å². The van der Waals surface area contributed by atoms with Crippen molar-refractivity contribution in [3.05, 3.63) is 0 Å². The minimum atomic E-state index is -3.47. The Morgan fingerprint density at radius 2 is 1.75 bits per heavy atom. The van der Waals surface area contributed by atoms with E-state index in [1.165, 1.54) is 0 Å². The zero-order valence-corrected chi connectivity index (χ0v) is 12.1. The van der Waals surface area contributed by atoms with Gasteiger partial charge < -0.3 is 0 Å². The maximum Gasteiger partial charge on any atom is 0.276 e. The molecule has 16 heavy (non-hydrogen) atoms. The molecular weight excluding hydrogens is 248 g/mol. The molecule has 0 fully saturated rings. The number of hydrogen-bond acceptors (Lipinski definition) is 4. The highest BCUT2D eigenvalue weighted by Crippen LogP contribution is 2.43. The van der Waals surface area contributed by atoms with Gasteiger partial charge in [0.2, 0.25) is 0 Å². The van der Waals surface area contributed by atoms with Crippen LogP contribution in [0.2, 0.25) is 0 Å². The molecule has 0 aliphatic rings. The predicted octanol–water partition coefficient (Wildman–Crippen LogP) is 2.09. The number of ketones is 1. The molecule has 0 aromatic rings. The smallest absolute Gasteiger partial charge is 0.276 e. The molecule has 0 saturated carbocycles. The van der Waals surface area contributed by atoms with E-state index in [1.54, 1.807) is 19.4 Å². The first kappa shape index (κ1) is 15.9. The second-order valence-corrected chi connectivity index (χ2v) is 9.39. The van der Waals surface area contributed by atoms with Crippen LogP contribution in [0.1, 0.15) is 33.1 Å². The van der Waals surface area contributed by atoms with E-state index in [1.807, 2.05) is 6.92 Å². The standard InChI is InChI=1S/C10H22O4S2/c1-5-7-8-16(12,13)14-15(3,4)9-10(11)6-2/h5-9H2,1-4H3. The Morgan fingerprint density at radius 3 is 2.19 bits per heavy atom. The summed E-state index contributed by atoms with van der Waals surface area (Å²) in [5, 5.41) is 0. The number of rotatable bonds is 8. The van der Waals surface area contributed by atoms with Crippen LogP contribution in [-0.2, 0) is 18.5 Å². The third-order valence-electron chi connectivity index (χ3n) is 1.94. The molecule has 0 N–H and O–H groups in total. The topological polar surface area (TPSA) is 60.4 Å². The summed E-state index contributed by atoms with van der Waals surface area (Å²) in [6, 6.07) is 0. The first-order valence-corrected chi connectivity index (χ1v) is 9.51. The van der Waals surface area contributed by atoms with E-state index in [0.29, 0.717) is 12.8 Å². The fourth-order valence-electron chi connectivity index (χ4n) is 1.15. The van der Waals surface area contributed by atoms with Gasteiger partial charge in [0.25, 0.3) is 10.1 Å². The monoisotopic (exact) mass is 270 g/mol. The van der Waals surface area contributed by atoms with Gasteiger partial charge in [0, 0.05) is 6.42 Å². The summed E-state index contributed by atoms with van der Waals surface area (Å²) in [5.41, 5.74) is 0. The van der Waals surface area contributed by atoms with Gasteiger partial charge in [-0.15, -0.1) is 10.3 Å². The van der Waals surface area contributed by atoms with Crippen molar-refractivity contribution in [3.63, 3.8) is 0 Å². The van der Waals surface area contributed by atoms with Gasteiger partial charge >= 0.3 is 0 Å². The molecule has 0 aliphatic heterocycles. The molecule has 0 atom stereocenters. The van der Waals surface area contributed by atoms with Crippen molar-refractivity contribution >= 4 is 26.2 Å². The average Bonchev–Trinajstić information content (AvgIpc) is 2.12. The zero-order valence-electron chi connectivity index (χ0n) is 10.5. The van der Waals surface area contributed by atoms with Crippen molar-refractivity contribution in [2.75, 3.05) is 24.0 Å². The summed E-state index contributed by atoms with van der Waals surface area (Å²) < 4.78 is 28.3. The molecule has 0 rings (SSSR count). The molecule has 0 amide bonds. The number of carbonyl (C=O) groups is 1. The Kier molecular flexibility index (Phi) is 6.58. The molecule has 0 unspecified atom stereocenters. The van der Waals surface area contributed by atoms with Gasteiger partial charge in [0.05, 0.1) is 11.5 Å². The predicted molar refractivity (Wildman–Crippen MR) is 69.4 cm³/mol. The molecule has 0 spiro atoms.